The number of allylic oxidation sites excluding steroid dienone is 1. The zero-order chi connectivity index (χ0) is 21.9. The lowest BCUT2D eigenvalue weighted by molar-refractivity contribution is -0.122. The average Bonchev–Trinajstić information content (AvgIpc) is 3.02. The van der Waals surface area contributed by atoms with Crippen molar-refractivity contribution in [3.8, 4) is 6.07 Å². The number of aryl methyl sites for hydroxylation is 1. The Morgan fingerprint density at radius 2 is 2.06 bits per heavy atom. The first-order valence-electron chi connectivity index (χ1n) is 9.91. The van der Waals surface area contributed by atoms with Crippen molar-refractivity contribution in [2.24, 2.45) is 5.73 Å². The Morgan fingerprint density at radius 3 is 2.77 bits per heavy atom. The summed E-state index contributed by atoms with van der Waals surface area (Å²) >= 11 is 3.37. The number of hydrogen-bond acceptors (Lipinski definition) is 6. The van der Waals surface area contributed by atoms with E-state index in [4.69, 9.17) is 5.73 Å². The second-order valence-electron chi connectivity index (χ2n) is 7.89. The van der Waals surface area contributed by atoms with Gasteiger partial charge in [-0.3, -0.25) is 14.5 Å². The van der Waals surface area contributed by atoms with Crippen LogP contribution in [0.1, 0.15) is 30.4 Å². The molecule has 31 heavy (non-hydrogen) atoms. The van der Waals surface area contributed by atoms with Crippen molar-refractivity contribution in [2.75, 3.05) is 10.2 Å². The number of nitrogens with two attached hydrogens (primary N) is 1. The topological polar surface area (TPSA) is 112 Å². The van der Waals surface area contributed by atoms with Crippen LogP contribution in [0.25, 0.3) is 0 Å². The Kier molecular flexibility index (Phi) is 4.27. The molecular weight excluding hydrogens is 458 g/mol. The zero-order valence-electron chi connectivity index (χ0n) is 16.7. The van der Waals surface area contributed by atoms with Gasteiger partial charge in [-0.25, -0.2) is 4.98 Å². The van der Waals surface area contributed by atoms with Gasteiger partial charge in [-0.2, -0.15) is 5.26 Å². The lowest BCUT2D eigenvalue weighted by atomic mass is 9.63. The average molecular weight is 476 g/mol. The number of rotatable bonds is 1. The number of benzene rings is 1. The standard InChI is InChI=1S/C23H18BrN5O2/c1-12-5-7-16-14(9-12)23(22(31)28-16)15(10-25)21(26)29(19-8-6-13(24)11-27-19)17-3-2-4-18(30)20(17)23/h5-9,11H,2-4,26H2,1H3,(H,28,31). The van der Waals surface area contributed by atoms with Gasteiger partial charge in [0.15, 0.2) is 5.78 Å². The Labute approximate surface area is 187 Å². The van der Waals surface area contributed by atoms with Gasteiger partial charge < -0.3 is 11.1 Å². The van der Waals surface area contributed by atoms with Gasteiger partial charge in [0.2, 0.25) is 5.91 Å². The van der Waals surface area contributed by atoms with E-state index in [1.54, 1.807) is 23.2 Å². The van der Waals surface area contributed by atoms with Gasteiger partial charge in [0, 0.05) is 39.6 Å². The van der Waals surface area contributed by atoms with Crippen LogP contribution in [0, 0.1) is 18.3 Å². The smallest absolute Gasteiger partial charge is 0.245 e. The molecule has 3 N–H and O–H groups in total. The summed E-state index contributed by atoms with van der Waals surface area (Å²) in [6.07, 6.45) is 3.13. The van der Waals surface area contributed by atoms with Crippen molar-refractivity contribution in [3.05, 3.63) is 74.8 Å². The summed E-state index contributed by atoms with van der Waals surface area (Å²) in [6.45, 7) is 1.91. The molecule has 3 aliphatic rings. The number of fused-ring (bicyclic) bond motifs is 3. The van der Waals surface area contributed by atoms with E-state index in [-0.39, 0.29) is 17.2 Å². The molecule has 0 radical (unpaired) electrons. The normalized spacial score (nSPS) is 22.4. The number of Topliss-reactive ketones (excluding diaryl/α,β-unsaturated/α-hetero) is 1. The number of anilines is 2. The number of amides is 1. The van der Waals surface area contributed by atoms with E-state index in [0.717, 1.165) is 10.0 Å². The molecule has 8 heteroatoms. The van der Waals surface area contributed by atoms with Crippen molar-refractivity contribution in [2.45, 2.75) is 31.6 Å². The van der Waals surface area contributed by atoms with E-state index in [1.165, 1.54) is 0 Å². The molecule has 5 rings (SSSR count). The van der Waals surface area contributed by atoms with Crippen LogP contribution in [0.3, 0.4) is 0 Å². The van der Waals surface area contributed by atoms with Crippen LogP contribution in [0.5, 0.6) is 0 Å². The number of pyridine rings is 1. The minimum atomic E-state index is -1.54. The highest BCUT2D eigenvalue weighted by molar-refractivity contribution is 9.10. The van der Waals surface area contributed by atoms with E-state index >= 15 is 0 Å². The predicted molar refractivity (Wildman–Crippen MR) is 119 cm³/mol. The molecule has 0 fully saturated rings. The highest BCUT2D eigenvalue weighted by Crippen LogP contribution is 2.55. The molecule has 1 unspecified atom stereocenters. The highest BCUT2D eigenvalue weighted by atomic mass is 79.9. The molecule has 154 valence electrons. The van der Waals surface area contributed by atoms with Gasteiger partial charge in [-0.05, 0) is 53.9 Å². The minimum absolute atomic E-state index is 0.0491. The van der Waals surface area contributed by atoms with Gasteiger partial charge in [0.1, 0.15) is 23.1 Å². The molecular formula is C23H18BrN5O2. The maximum Gasteiger partial charge on any atom is 0.245 e. The summed E-state index contributed by atoms with van der Waals surface area (Å²) in [7, 11) is 0. The Balaban J connectivity index is 1.88. The second kappa shape index (κ2) is 6.79. The lowest BCUT2D eigenvalue weighted by Gasteiger charge is -2.43. The first-order valence-corrected chi connectivity index (χ1v) is 10.7. The molecule has 0 bridgehead atoms. The number of aromatic nitrogens is 1. The molecule has 7 nitrogen and oxygen atoms in total. The number of nitriles is 1. The fraction of sp³-hybridized carbons (Fsp3) is 0.217. The van der Waals surface area contributed by atoms with Crippen LogP contribution in [0.15, 0.2) is 63.7 Å². The summed E-state index contributed by atoms with van der Waals surface area (Å²) in [5.74, 6) is 0.0514. The largest absolute Gasteiger partial charge is 0.384 e. The van der Waals surface area contributed by atoms with Gasteiger partial charge in [-0.1, -0.05) is 17.7 Å². The van der Waals surface area contributed by atoms with E-state index in [0.29, 0.717) is 47.6 Å². The van der Waals surface area contributed by atoms with Crippen molar-refractivity contribution < 1.29 is 9.59 Å². The van der Waals surface area contributed by atoms with Crippen molar-refractivity contribution >= 4 is 39.1 Å². The van der Waals surface area contributed by atoms with Gasteiger partial charge in [-0.15, -0.1) is 0 Å². The summed E-state index contributed by atoms with van der Waals surface area (Å²) in [6, 6.07) is 11.3. The lowest BCUT2D eigenvalue weighted by Crippen LogP contribution is -2.51. The molecule has 1 spiro atoms. The van der Waals surface area contributed by atoms with Crippen molar-refractivity contribution in [3.63, 3.8) is 0 Å². The maximum absolute atomic E-state index is 13.5. The first-order chi connectivity index (χ1) is 14.9. The number of nitrogens with one attached hydrogen (secondary N) is 1. The number of hydrogen-bond donors (Lipinski definition) is 2. The third-order valence-corrected chi connectivity index (χ3v) is 6.59. The molecule has 1 atom stereocenters. The molecule has 0 saturated heterocycles. The molecule has 2 aromatic rings. The van der Waals surface area contributed by atoms with Gasteiger partial charge >= 0.3 is 0 Å². The third-order valence-electron chi connectivity index (χ3n) is 6.12. The predicted octanol–water partition coefficient (Wildman–Crippen LogP) is 3.56. The monoisotopic (exact) mass is 475 g/mol. The summed E-state index contributed by atoms with van der Waals surface area (Å²) < 4.78 is 0.793. The number of carbonyl (C=O) groups is 2. The number of halogens is 1. The molecule has 2 aliphatic heterocycles. The van der Waals surface area contributed by atoms with E-state index in [2.05, 4.69) is 32.3 Å². The van der Waals surface area contributed by atoms with Crippen molar-refractivity contribution in [1.82, 2.24) is 4.98 Å². The maximum atomic E-state index is 13.5. The van der Waals surface area contributed by atoms with E-state index < -0.39 is 11.3 Å². The highest BCUT2D eigenvalue weighted by Gasteiger charge is 2.60. The zero-order valence-corrected chi connectivity index (χ0v) is 18.3. The van der Waals surface area contributed by atoms with Crippen LogP contribution < -0.4 is 16.0 Å². The van der Waals surface area contributed by atoms with Crippen LogP contribution in [0.2, 0.25) is 0 Å². The van der Waals surface area contributed by atoms with Crippen LogP contribution in [-0.4, -0.2) is 16.7 Å². The second-order valence-corrected chi connectivity index (χ2v) is 8.81. The summed E-state index contributed by atoms with van der Waals surface area (Å²) in [5, 5.41) is 13.1. The molecule has 1 aromatic heterocycles. The van der Waals surface area contributed by atoms with Gasteiger partial charge in [0.05, 0.1) is 5.57 Å². The number of ketones is 1. The van der Waals surface area contributed by atoms with Gasteiger partial charge in [0.25, 0.3) is 0 Å². The summed E-state index contributed by atoms with van der Waals surface area (Å²) in [4.78, 5) is 33.0. The van der Waals surface area contributed by atoms with Crippen LogP contribution in [0.4, 0.5) is 11.5 Å². The molecule has 1 aromatic carbocycles. The molecule has 1 amide bonds. The fourth-order valence-electron chi connectivity index (χ4n) is 4.87. The van der Waals surface area contributed by atoms with E-state index in [9.17, 15) is 14.9 Å². The molecule has 0 saturated carbocycles. The molecule has 3 heterocycles. The summed E-state index contributed by atoms with van der Waals surface area (Å²) in [5.41, 5.74) is 8.16. The third kappa shape index (κ3) is 2.53. The SMILES string of the molecule is Cc1ccc2c(c1)C1(C(=O)N2)C(C#N)=C(N)N(c2ccc(Br)cn2)C2=C1C(=O)CCC2. The number of carbonyl (C=O) groups excluding carboxylic acids is 2. The Bertz CT molecular complexity index is 1270. The fourth-order valence-corrected chi connectivity index (χ4v) is 5.10. The Hall–Kier alpha value is -3.44. The van der Waals surface area contributed by atoms with Crippen molar-refractivity contribution in [1.29, 1.82) is 5.26 Å². The number of nitrogens with zero attached hydrogens (tertiary/aromatic N) is 3. The quantitative estimate of drug-likeness (QED) is 0.651. The minimum Gasteiger partial charge on any atom is -0.384 e. The first kappa shape index (κ1) is 19.5. The van der Waals surface area contributed by atoms with Crippen LogP contribution >= 0.6 is 15.9 Å². The molecule has 1 aliphatic carbocycles. The van der Waals surface area contributed by atoms with Crippen LogP contribution in [-0.2, 0) is 15.0 Å². The van der Waals surface area contributed by atoms with E-state index in [1.807, 2.05) is 25.1 Å². The Morgan fingerprint density at radius 1 is 1.26 bits per heavy atom.